The Morgan fingerprint density at radius 1 is 1.41 bits per heavy atom. The fourth-order valence-electron chi connectivity index (χ4n) is 1.51. The number of ketones is 1. The standard InChI is InChI=1S/C12H12Br2O3/c1-7(15)12(14)10-4-8(6-13)2-3-9(10)5-11(16)17/h2-4,12H,5-6H2,1H3,(H,16,17). The molecular formula is C12H12Br2O3. The molecule has 0 saturated heterocycles. The van der Waals surface area contributed by atoms with Crippen LogP contribution >= 0.6 is 31.9 Å². The Morgan fingerprint density at radius 2 is 2.06 bits per heavy atom. The number of halogens is 2. The van der Waals surface area contributed by atoms with E-state index in [1.165, 1.54) is 6.92 Å². The van der Waals surface area contributed by atoms with Crippen LogP contribution in [0.4, 0.5) is 0 Å². The van der Waals surface area contributed by atoms with Crippen LogP contribution in [0.25, 0.3) is 0 Å². The number of benzene rings is 1. The molecule has 0 aliphatic rings. The Balaban J connectivity index is 3.20. The average Bonchev–Trinajstić information content (AvgIpc) is 2.27. The van der Waals surface area contributed by atoms with Crippen molar-refractivity contribution in [1.29, 1.82) is 0 Å². The van der Waals surface area contributed by atoms with E-state index < -0.39 is 10.8 Å². The molecule has 0 spiro atoms. The Morgan fingerprint density at radius 3 is 2.53 bits per heavy atom. The predicted octanol–water partition coefficient (Wildman–Crippen LogP) is 3.23. The topological polar surface area (TPSA) is 54.4 Å². The summed E-state index contributed by atoms with van der Waals surface area (Å²) in [6.45, 7) is 1.48. The van der Waals surface area contributed by atoms with E-state index in [9.17, 15) is 9.59 Å². The van der Waals surface area contributed by atoms with Gasteiger partial charge in [0.1, 0.15) is 5.78 Å². The van der Waals surface area contributed by atoms with Gasteiger partial charge in [0.05, 0.1) is 11.2 Å². The predicted molar refractivity (Wildman–Crippen MR) is 72.8 cm³/mol. The van der Waals surface area contributed by atoms with Crippen molar-refractivity contribution in [2.75, 3.05) is 0 Å². The lowest BCUT2D eigenvalue weighted by molar-refractivity contribution is -0.136. The van der Waals surface area contributed by atoms with Crippen molar-refractivity contribution in [3.05, 3.63) is 34.9 Å². The fourth-order valence-corrected chi connectivity index (χ4v) is 2.28. The number of carbonyl (C=O) groups is 2. The number of rotatable bonds is 5. The zero-order valence-corrected chi connectivity index (χ0v) is 12.4. The van der Waals surface area contributed by atoms with E-state index in [1.807, 2.05) is 12.1 Å². The SMILES string of the molecule is CC(=O)C(Br)c1cc(CBr)ccc1CC(=O)O. The summed E-state index contributed by atoms with van der Waals surface area (Å²) in [7, 11) is 0. The highest BCUT2D eigenvalue weighted by molar-refractivity contribution is 9.09. The van der Waals surface area contributed by atoms with Gasteiger partial charge in [-0.1, -0.05) is 50.1 Å². The molecule has 0 saturated carbocycles. The largest absolute Gasteiger partial charge is 0.481 e. The summed E-state index contributed by atoms with van der Waals surface area (Å²) in [5.41, 5.74) is 2.41. The fraction of sp³-hybridized carbons (Fsp3) is 0.333. The molecule has 1 rings (SSSR count). The summed E-state index contributed by atoms with van der Waals surface area (Å²) in [5, 5.41) is 9.50. The number of carbonyl (C=O) groups excluding carboxylic acids is 1. The van der Waals surface area contributed by atoms with Crippen molar-refractivity contribution in [3.63, 3.8) is 0 Å². The lowest BCUT2D eigenvalue weighted by Gasteiger charge is -2.13. The second-order valence-electron chi connectivity index (χ2n) is 3.71. The minimum absolute atomic E-state index is 0.0386. The first-order valence-electron chi connectivity index (χ1n) is 4.99. The first-order chi connectivity index (χ1) is 7.95. The van der Waals surface area contributed by atoms with Gasteiger partial charge < -0.3 is 5.11 Å². The summed E-state index contributed by atoms with van der Waals surface area (Å²) in [6.07, 6.45) is -0.0761. The van der Waals surface area contributed by atoms with Crippen LogP contribution in [0.5, 0.6) is 0 Å². The third kappa shape index (κ3) is 3.92. The highest BCUT2D eigenvalue weighted by Gasteiger charge is 2.18. The number of hydrogen-bond donors (Lipinski definition) is 1. The van der Waals surface area contributed by atoms with E-state index in [1.54, 1.807) is 6.07 Å². The van der Waals surface area contributed by atoms with Crippen LogP contribution < -0.4 is 0 Å². The molecule has 0 radical (unpaired) electrons. The molecule has 1 aromatic rings. The van der Waals surface area contributed by atoms with Crippen molar-refractivity contribution >= 4 is 43.6 Å². The van der Waals surface area contributed by atoms with E-state index >= 15 is 0 Å². The molecule has 0 aromatic heterocycles. The van der Waals surface area contributed by atoms with E-state index in [4.69, 9.17) is 5.11 Å². The summed E-state index contributed by atoms with van der Waals surface area (Å²) in [4.78, 5) is 21.7. The number of aliphatic carboxylic acids is 1. The van der Waals surface area contributed by atoms with Crippen LogP contribution in [0.2, 0.25) is 0 Å². The van der Waals surface area contributed by atoms with E-state index in [2.05, 4.69) is 31.9 Å². The van der Waals surface area contributed by atoms with Crippen LogP contribution in [0, 0.1) is 0 Å². The van der Waals surface area contributed by atoms with Crippen LogP contribution in [0.15, 0.2) is 18.2 Å². The number of Topliss-reactive ketones (excluding diaryl/α,β-unsaturated/α-hetero) is 1. The van der Waals surface area contributed by atoms with Gasteiger partial charge >= 0.3 is 5.97 Å². The molecule has 92 valence electrons. The molecule has 0 bridgehead atoms. The van der Waals surface area contributed by atoms with Gasteiger partial charge in [-0.25, -0.2) is 0 Å². The molecule has 5 heteroatoms. The molecule has 0 fully saturated rings. The zero-order chi connectivity index (χ0) is 13.0. The first kappa shape index (κ1) is 14.4. The molecule has 0 aliphatic carbocycles. The summed E-state index contributed by atoms with van der Waals surface area (Å²) in [6, 6.07) is 5.47. The summed E-state index contributed by atoms with van der Waals surface area (Å²) < 4.78 is 0. The van der Waals surface area contributed by atoms with Crippen molar-refractivity contribution in [2.45, 2.75) is 23.5 Å². The van der Waals surface area contributed by atoms with E-state index in [0.29, 0.717) is 10.9 Å². The Hall–Kier alpha value is -0.680. The highest BCUT2D eigenvalue weighted by atomic mass is 79.9. The van der Waals surface area contributed by atoms with E-state index in [-0.39, 0.29) is 12.2 Å². The van der Waals surface area contributed by atoms with Gasteiger partial charge in [-0.15, -0.1) is 0 Å². The smallest absolute Gasteiger partial charge is 0.307 e. The number of alkyl halides is 2. The minimum atomic E-state index is -0.902. The van der Waals surface area contributed by atoms with Gasteiger partial charge in [0.25, 0.3) is 0 Å². The maximum Gasteiger partial charge on any atom is 0.307 e. The molecule has 0 aliphatic heterocycles. The van der Waals surface area contributed by atoms with Gasteiger partial charge in [0, 0.05) is 5.33 Å². The monoisotopic (exact) mass is 362 g/mol. The quantitative estimate of drug-likeness (QED) is 0.817. The number of carboxylic acid groups (broad SMARTS) is 1. The lowest BCUT2D eigenvalue weighted by Crippen LogP contribution is -2.09. The van der Waals surface area contributed by atoms with Crippen LogP contribution in [-0.2, 0) is 21.3 Å². The van der Waals surface area contributed by atoms with E-state index in [0.717, 1.165) is 11.1 Å². The molecule has 1 N–H and O–H groups in total. The van der Waals surface area contributed by atoms with Crippen molar-refractivity contribution in [3.8, 4) is 0 Å². The highest BCUT2D eigenvalue weighted by Crippen LogP contribution is 2.29. The van der Waals surface area contributed by atoms with Gasteiger partial charge in [-0.05, 0) is 23.6 Å². The van der Waals surface area contributed by atoms with Crippen LogP contribution in [-0.4, -0.2) is 16.9 Å². The number of hydrogen-bond acceptors (Lipinski definition) is 2. The first-order valence-corrected chi connectivity index (χ1v) is 7.03. The third-order valence-corrected chi connectivity index (χ3v) is 4.12. The van der Waals surface area contributed by atoms with Crippen LogP contribution in [0.1, 0.15) is 28.4 Å². The van der Waals surface area contributed by atoms with Gasteiger partial charge in [-0.2, -0.15) is 0 Å². The second kappa shape index (κ2) is 6.31. The molecular weight excluding hydrogens is 352 g/mol. The molecule has 1 unspecified atom stereocenters. The average molecular weight is 364 g/mol. The van der Waals surface area contributed by atoms with Crippen molar-refractivity contribution in [2.24, 2.45) is 0 Å². The van der Waals surface area contributed by atoms with Crippen LogP contribution in [0.3, 0.4) is 0 Å². The Bertz CT molecular complexity index is 443. The van der Waals surface area contributed by atoms with Crippen molar-refractivity contribution < 1.29 is 14.7 Å². The molecule has 1 aromatic carbocycles. The maximum atomic E-state index is 11.4. The molecule has 17 heavy (non-hydrogen) atoms. The summed E-state index contributed by atoms with van der Waals surface area (Å²) >= 11 is 6.63. The normalized spacial score (nSPS) is 12.2. The molecule has 1 atom stereocenters. The Labute approximate surface area is 116 Å². The molecule has 3 nitrogen and oxygen atoms in total. The molecule has 0 amide bonds. The maximum absolute atomic E-state index is 11.4. The Kier molecular flexibility index (Phi) is 5.33. The molecule has 0 heterocycles. The van der Waals surface area contributed by atoms with Gasteiger partial charge in [-0.3, -0.25) is 9.59 Å². The zero-order valence-electron chi connectivity index (χ0n) is 9.24. The van der Waals surface area contributed by atoms with Gasteiger partial charge in [0.15, 0.2) is 0 Å². The van der Waals surface area contributed by atoms with Gasteiger partial charge in [0.2, 0.25) is 0 Å². The third-order valence-electron chi connectivity index (χ3n) is 2.34. The minimum Gasteiger partial charge on any atom is -0.481 e. The lowest BCUT2D eigenvalue weighted by atomic mass is 9.98. The number of carboxylic acids is 1. The second-order valence-corrected chi connectivity index (χ2v) is 5.19. The van der Waals surface area contributed by atoms with Crippen molar-refractivity contribution in [1.82, 2.24) is 0 Å². The summed E-state index contributed by atoms with van der Waals surface area (Å²) in [5.74, 6) is -0.940.